The molecule has 0 unspecified atom stereocenters. The van der Waals surface area contributed by atoms with Gasteiger partial charge in [0.15, 0.2) is 0 Å². The predicted molar refractivity (Wildman–Crippen MR) is 115 cm³/mol. The van der Waals surface area contributed by atoms with Crippen LogP contribution in [0.1, 0.15) is 0 Å². The van der Waals surface area contributed by atoms with Crippen molar-refractivity contribution in [1.82, 2.24) is 19.1 Å². The summed E-state index contributed by atoms with van der Waals surface area (Å²) in [6, 6.07) is 8.88. The zero-order valence-corrected chi connectivity index (χ0v) is 16.9. The highest BCUT2D eigenvalue weighted by molar-refractivity contribution is 7.13. The molecule has 5 aromatic rings. The first-order valence-corrected chi connectivity index (χ1v) is 10.2. The topological polar surface area (TPSA) is 44.9 Å². The second kappa shape index (κ2) is 7.09. The molecule has 0 atom stereocenters. The molecule has 1 aromatic carbocycles. The number of ether oxygens (including phenoxy) is 1. The Labute approximate surface area is 171 Å². The Balaban J connectivity index is 1.63. The molecule has 0 saturated carbocycles. The summed E-state index contributed by atoms with van der Waals surface area (Å²) in [6.07, 6.45) is 5.89. The molecule has 4 aromatic heterocycles. The summed E-state index contributed by atoms with van der Waals surface area (Å²) in [4.78, 5) is 9.35. The van der Waals surface area contributed by atoms with E-state index in [-0.39, 0.29) is 5.82 Å². The molecule has 0 bridgehead atoms. The third kappa shape index (κ3) is 3.03. The second-order valence-corrected chi connectivity index (χ2v) is 7.81. The highest BCUT2D eigenvalue weighted by Gasteiger charge is 2.17. The van der Waals surface area contributed by atoms with Crippen molar-refractivity contribution in [1.29, 1.82) is 0 Å². The maximum atomic E-state index is 14.0. The molecular formula is C22H19FN4OS. The van der Waals surface area contributed by atoms with Crippen LogP contribution in [0.25, 0.3) is 43.8 Å². The first kappa shape index (κ1) is 18.0. The zero-order chi connectivity index (χ0) is 20.0. The minimum Gasteiger partial charge on any atom is -0.383 e. The number of pyridine rings is 1. The Morgan fingerprint density at radius 1 is 1.14 bits per heavy atom. The van der Waals surface area contributed by atoms with Crippen LogP contribution in [0.15, 0.2) is 54.3 Å². The SMILES string of the molecule is COCCn1cc(-c2nc(-c3cn(C)c4ncccc34)cs2)c2cc(F)ccc21. The van der Waals surface area contributed by atoms with Crippen molar-refractivity contribution in [2.75, 3.05) is 13.7 Å². The fourth-order valence-electron chi connectivity index (χ4n) is 3.75. The monoisotopic (exact) mass is 406 g/mol. The fraction of sp³-hybridized carbons (Fsp3) is 0.182. The second-order valence-electron chi connectivity index (χ2n) is 6.96. The Bertz CT molecular complexity index is 1330. The van der Waals surface area contributed by atoms with Crippen LogP contribution in [-0.4, -0.2) is 32.8 Å². The van der Waals surface area contributed by atoms with Crippen molar-refractivity contribution < 1.29 is 9.13 Å². The van der Waals surface area contributed by atoms with Crippen molar-refractivity contribution in [2.45, 2.75) is 6.54 Å². The Morgan fingerprint density at radius 3 is 2.90 bits per heavy atom. The van der Waals surface area contributed by atoms with E-state index in [1.165, 1.54) is 6.07 Å². The van der Waals surface area contributed by atoms with Crippen molar-refractivity contribution in [3.8, 4) is 21.8 Å². The molecular weight excluding hydrogens is 387 g/mol. The summed E-state index contributed by atoms with van der Waals surface area (Å²) < 4.78 is 23.3. The lowest BCUT2D eigenvalue weighted by molar-refractivity contribution is 0.188. The fourth-order valence-corrected chi connectivity index (χ4v) is 4.60. The van der Waals surface area contributed by atoms with E-state index in [0.29, 0.717) is 13.2 Å². The van der Waals surface area contributed by atoms with Crippen molar-refractivity contribution in [3.05, 3.63) is 60.1 Å². The number of benzene rings is 1. The smallest absolute Gasteiger partial charge is 0.140 e. The number of rotatable bonds is 5. The first-order chi connectivity index (χ1) is 14.2. The Morgan fingerprint density at radius 2 is 2.03 bits per heavy atom. The third-order valence-corrected chi connectivity index (χ3v) is 6.00. The van der Waals surface area contributed by atoms with Gasteiger partial charge in [0.05, 0.1) is 12.3 Å². The summed E-state index contributed by atoms with van der Waals surface area (Å²) >= 11 is 1.57. The number of aromatic nitrogens is 4. The number of methoxy groups -OCH3 is 1. The van der Waals surface area contributed by atoms with Gasteiger partial charge in [-0.05, 0) is 30.3 Å². The van der Waals surface area contributed by atoms with E-state index < -0.39 is 0 Å². The van der Waals surface area contributed by atoms with Gasteiger partial charge >= 0.3 is 0 Å². The lowest BCUT2D eigenvalue weighted by atomic mass is 10.1. The Kier molecular flexibility index (Phi) is 4.41. The summed E-state index contributed by atoms with van der Waals surface area (Å²) in [5.41, 5.74) is 4.79. The van der Waals surface area contributed by atoms with Gasteiger partial charge in [0, 0.05) is 72.1 Å². The van der Waals surface area contributed by atoms with Crippen LogP contribution in [-0.2, 0) is 18.3 Å². The number of fused-ring (bicyclic) bond motifs is 2. The summed E-state index contributed by atoms with van der Waals surface area (Å²) in [7, 11) is 3.66. The minimum atomic E-state index is -0.250. The molecule has 0 N–H and O–H groups in total. The summed E-state index contributed by atoms with van der Waals surface area (Å²) in [5.74, 6) is -0.250. The number of halogens is 1. The van der Waals surface area contributed by atoms with E-state index >= 15 is 0 Å². The molecule has 0 aliphatic heterocycles. The van der Waals surface area contributed by atoms with E-state index in [1.54, 1.807) is 30.7 Å². The maximum Gasteiger partial charge on any atom is 0.140 e. The Hall–Kier alpha value is -3.03. The number of aryl methyl sites for hydroxylation is 1. The quantitative estimate of drug-likeness (QED) is 0.408. The average molecular weight is 406 g/mol. The van der Waals surface area contributed by atoms with Gasteiger partial charge in [0.2, 0.25) is 0 Å². The van der Waals surface area contributed by atoms with Crippen molar-refractivity contribution in [2.24, 2.45) is 7.05 Å². The summed E-state index contributed by atoms with van der Waals surface area (Å²) in [5, 5.41) is 4.85. The van der Waals surface area contributed by atoms with Crippen LogP contribution in [0.2, 0.25) is 0 Å². The van der Waals surface area contributed by atoms with Gasteiger partial charge in [-0.1, -0.05) is 0 Å². The molecule has 7 heteroatoms. The molecule has 5 rings (SSSR count). The number of thiazole rings is 1. The maximum absolute atomic E-state index is 14.0. The van der Waals surface area contributed by atoms with Gasteiger partial charge in [-0.15, -0.1) is 11.3 Å². The van der Waals surface area contributed by atoms with E-state index in [0.717, 1.165) is 43.8 Å². The number of hydrogen-bond acceptors (Lipinski definition) is 4. The van der Waals surface area contributed by atoms with Crippen LogP contribution in [0.3, 0.4) is 0 Å². The molecule has 0 spiro atoms. The van der Waals surface area contributed by atoms with Crippen LogP contribution in [0, 0.1) is 5.82 Å². The van der Waals surface area contributed by atoms with Crippen LogP contribution in [0.5, 0.6) is 0 Å². The van der Waals surface area contributed by atoms with Crippen LogP contribution in [0.4, 0.5) is 4.39 Å². The van der Waals surface area contributed by atoms with Crippen molar-refractivity contribution >= 4 is 33.3 Å². The van der Waals surface area contributed by atoms with Gasteiger partial charge in [-0.3, -0.25) is 0 Å². The van der Waals surface area contributed by atoms with E-state index in [2.05, 4.69) is 27.2 Å². The summed E-state index contributed by atoms with van der Waals surface area (Å²) in [6.45, 7) is 1.29. The van der Waals surface area contributed by atoms with Crippen molar-refractivity contribution in [3.63, 3.8) is 0 Å². The highest BCUT2D eigenvalue weighted by Crippen LogP contribution is 2.37. The molecule has 0 radical (unpaired) electrons. The van der Waals surface area contributed by atoms with Gasteiger partial charge < -0.3 is 13.9 Å². The van der Waals surface area contributed by atoms with E-state index in [1.807, 2.05) is 29.9 Å². The highest BCUT2D eigenvalue weighted by atomic mass is 32.1. The molecule has 146 valence electrons. The van der Waals surface area contributed by atoms with Crippen LogP contribution >= 0.6 is 11.3 Å². The first-order valence-electron chi connectivity index (χ1n) is 9.29. The predicted octanol–water partition coefficient (Wildman–Crippen LogP) is 5.10. The lowest BCUT2D eigenvalue weighted by Gasteiger charge is -2.03. The normalized spacial score (nSPS) is 11.7. The average Bonchev–Trinajstić information content (AvgIpc) is 3.42. The molecule has 29 heavy (non-hydrogen) atoms. The van der Waals surface area contributed by atoms with Gasteiger partial charge in [-0.25, -0.2) is 14.4 Å². The third-order valence-electron chi connectivity index (χ3n) is 5.12. The van der Waals surface area contributed by atoms with Gasteiger partial charge in [0.1, 0.15) is 16.5 Å². The molecule has 0 saturated heterocycles. The lowest BCUT2D eigenvalue weighted by Crippen LogP contribution is -2.02. The molecule has 0 aliphatic carbocycles. The number of nitrogens with zero attached hydrogens (tertiary/aromatic N) is 4. The zero-order valence-electron chi connectivity index (χ0n) is 16.1. The standard InChI is InChI=1S/C22H19FN4OS/c1-26-11-17(15-4-3-7-24-21(15)26)19-13-29-22(25-19)18-12-27(8-9-28-2)20-6-5-14(23)10-16(18)20/h3-7,10-13H,8-9H2,1-2H3. The molecule has 5 nitrogen and oxygen atoms in total. The molecule has 4 heterocycles. The molecule has 0 aliphatic rings. The largest absolute Gasteiger partial charge is 0.383 e. The van der Waals surface area contributed by atoms with Gasteiger partial charge in [-0.2, -0.15) is 0 Å². The minimum absolute atomic E-state index is 0.250. The van der Waals surface area contributed by atoms with E-state index in [9.17, 15) is 4.39 Å². The molecule has 0 amide bonds. The number of hydrogen-bond donors (Lipinski definition) is 0. The van der Waals surface area contributed by atoms with Gasteiger partial charge in [0.25, 0.3) is 0 Å². The van der Waals surface area contributed by atoms with E-state index in [4.69, 9.17) is 9.72 Å². The molecule has 0 fully saturated rings. The van der Waals surface area contributed by atoms with Crippen LogP contribution < -0.4 is 0 Å².